The van der Waals surface area contributed by atoms with Crippen LogP contribution >= 0.6 is 67.8 Å². The van der Waals surface area contributed by atoms with Crippen LogP contribution in [-0.2, 0) is 0 Å². The van der Waals surface area contributed by atoms with Gasteiger partial charge in [-0.15, -0.1) is 0 Å². The molecule has 72 valence electrons. The van der Waals surface area contributed by atoms with Crippen molar-refractivity contribution in [2.24, 2.45) is 5.73 Å². The van der Waals surface area contributed by atoms with E-state index in [4.69, 9.17) is 5.73 Å². The third kappa shape index (κ3) is 2.89. The van der Waals surface area contributed by atoms with Crippen LogP contribution in [0.1, 0.15) is 11.7 Å². The predicted molar refractivity (Wildman–Crippen MR) is 78.6 cm³/mol. The highest BCUT2D eigenvalue weighted by Gasteiger charge is 2.12. The number of benzene rings is 1. The highest BCUT2D eigenvalue weighted by Crippen LogP contribution is 2.27. The molecule has 0 amide bonds. The minimum atomic E-state index is -0.544. The molecule has 13 heavy (non-hydrogen) atoms. The van der Waals surface area contributed by atoms with E-state index in [0.29, 0.717) is 0 Å². The van der Waals surface area contributed by atoms with Gasteiger partial charge in [0.25, 0.3) is 0 Å². The Morgan fingerprint density at radius 3 is 2.38 bits per heavy atom. The summed E-state index contributed by atoms with van der Waals surface area (Å²) in [6.45, 7) is 0.271. The largest absolute Gasteiger partial charge is 0.387 e. The minimum absolute atomic E-state index is 0.271. The van der Waals surface area contributed by atoms with Gasteiger partial charge in [-0.05, 0) is 79.4 Å². The summed E-state index contributed by atoms with van der Waals surface area (Å²) in [7, 11) is 0. The van der Waals surface area contributed by atoms with Crippen LogP contribution in [0.5, 0.6) is 0 Å². The topological polar surface area (TPSA) is 46.2 Å². The zero-order valence-corrected chi connectivity index (χ0v) is 13.1. The molecule has 0 fully saturated rings. The van der Waals surface area contributed by atoms with Crippen molar-refractivity contribution in [1.29, 1.82) is 0 Å². The zero-order valence-electron chi connectivity index (χ0n) is 6.60. The summed E-state index contributed by atoms with van der Waals surface area (Å²) in [5, 5.41) is 9.59. The summed E-state index contributed by atoms with van der Waals surface area (Å²) < 4.78 is 3.49. The highest BCUT2D eigenvalue weighted by atomic mass is 127. The van der Waals surface area contributed by atoms with Gasteiger partial charge in [0.05, 0.1) is 6.10 Å². The minimum Gasteiger partial charge on any atom is -0.387 e. The summed E-state index contributed by atoms with van der Waals surface area (Å²) >= 11 is 6.80. The maximum Gasteiger partial charge on any atom is 0.0922 e. The van der Waals surface area contributed by atoms with Gasteiger partial charge in [-0.3, -0.25) is 0 Å². The molecule has 1 atom stereocenters. The molecule has 1 rings (SSSR count). The van der Waals surface area contributed by atoms with Crippen LogP contribution < -0.4 is 5.73 Å². The summed E-state index contributed by atoms with van der Waals surface area (Å²) in [6, 6.07) is 3.93. The molecular weight excluding hydrogens is 507 g/mol. The van der Waals surface area contributed by atoms with Crippen LogP contribution in [0, 0.1) is 10.7 Å². The van der Waals surface area contributed by atoms with E-state index in [2.05, 4.69) is 67.8 Å². The maximum atomic E-state index is 9.59. The van der Waals surface area contributed by atoms with Crippen molar-refractivity contribution in [3.8, 4) is 0 Å². The number of nitrogens with two attached hydrogens (primary N) is 1. The molecule has 1 unspecified atom stereocenters. The molecule has 0 heterocycles. The van der Waals surface area contributed by atoms with E-state index in [0.717, 1.165) is 9.13 Å². The lowest BCUT2D eigenvalue weighted by Gasteiger charge is -2.12. The Morgan fingerprint density at radius 2 is 1.85 bits per heavy atom. The lowest BCUT2D eigenvalue weighted by atomic mass is 10.1. The van der Waals surface area contributed by atoms with Crippen LogP contribution in [0.15, 0.2) is 12.1 Å². The summed E-state index contributed by atoms with van der Waals surface area (Å²) in [5.74, 6) is 0. The molecular formula is C8H8I3NO. The number of hydrogen-bond donors (Lipinski definition) is 2. The fourth-order valence-electron chi connectivity index (χ4n) is 0.925. The van der Waals surface area contributed by atoms with Gasteiger partial charge in [0, 0.05) is 17.3 Å². The van der Waals surface area contributed by atoms with Gasteiger partial charge in [-0.1, -0.05) is 6.07 Å². The molecule has 1 aromatic rings. The van der Waals surface area contributed by atoms with Gasteiger partial charge in [0.2, 0.25) is 0 Å². The Morgan fingerprint density at radius 1 is 1.23 bits per heavy atom. The molecule has 0 aliphatic heterocycles. The van der Waals surface area contributed by atoms with Gasteiger partial charge in [0.15, 0.2) is 0 Å². The van der Waals surface area contributed by atoms with E-state index >= 15 is 0 Å². The first kappa shape index (κ1) is 12.4. The molecule has 3 N–H and O–H groups in total. The van der Waals surface area contributed by atoms with Gasteiger partial charge in [-0.2, -0.15) is 0 Å². The van der Waals surface area contributed by atoms with E-state index in [9.17, 15) is 5.11 Å². The average molecular weight is 515 g/mol. The molecule has 2 nitrogen and oxygen atoms in total. The number of aliphatic hydroxyl groups is 1. The lowest BCUT2D eigenvalue weighted by Crippen LogP contribution is -2.13. The Hall–Kier alpha value is 1.33. The van der Waals surface area contributed by atoms with Crippen molar-refractivity contribution in [3.63, 3.8) is 0 Å². The van der Waals surface area contributed by atoms with E-state index in [1.165, 1.54) is 7.14 Å². The van der Waals surface area contributed by atoms with Crippen LogP contribution in [-0.4, -0.2) is 11.7 Å². The summed E-state index contributed by atoms with van der Waals surface area (Å²) in [4.78, 5) is 0. The normalized spacial score (nSPS) is 13.0. The Balaban J connectivity index is 3.18. The van der Waals surface area contributed by atoms with Crippen molar-refractivity contribution < 1.29 is 5.11 Å². The summed E-state index contributed by atoms with van der Waals surface area (Å²) in [6.07, 6.45) is -0.544. The van der Waals surface area contributed by atoms with E-state index in [1.807, 2.05) is 12.1 Å². The zero-order chi connectivity index (χ0) is 10.0. The molecule has 0 aromatic heterocycles. The van der Waals surface area contributed by atoms with Gasteiger partial charge < -0.3 is 10.8 Å². The monoisotopic (exact) mass is 515 g/mol. The second-order valence-corrected chi connectivity index (χ2v) is 5.84. The fraction of sp³-hybridized carbons (Fsp3) is 0.250. The highest BCUT2D eigenvalue weighted by molar-refractivity contribution is 14.1. The molecule has 5 heteroatoms. The smallest absolute Gasteiger partial charge is 0.0922 e. The fourth-order valence-corrected chi connectivity index (χ4v) is 3.21. The first-order valence-electron chi connectivity index (χ1n) is 3.59. The number of rotatable bonds is 2. The summed E-state index contributed by atoms with van der Waals surface area (Å²) in [5.41, 5.74) is 6.33. The Bertz CT molecular complexity index is 317. The molecule has 0 saturated carbocycles. The molecule has 0 saturated heterocycles. The molecule has 0 spiro atoms. The molecule has 0 aliphatic rings. The van der Waals surface area contributed by atoms with E-state index in [1.54, 1.807) is 0 Å². The third-order valence-electron chi connectivity index (χ3n) is 1.65. The van der Waals surface area contributed by atoms with Crippen LogP contribution in [0.2, 0.25) is 0 Å². The number of hydrogen-bond acceptors (Lipinski definition) is 2. The molecule has 0 bridgehead atoms. The second kappa shape index (κ2) is 5.42. The van der Waals surface area contributed by atoms with Crippen molar-refractivity contribution in [2.45, 2.75) is 6.10 Å². The Labute approximate surface area is 118 Å². The second-order valence-electron chi connectivity index (χ2n) is 2.52. The van der Waals surface area contributed by atoms with E-state index in [-0.39, 0.29) is 6.54 Å². The predicted octanol–water partition coefficient (Wildman–Crippen LogP) is 2.49. The first-order valence-corrected chi connectivity index (χ1v) is 6.83. The quantitative estimate of drug-likeness (QED) is 0.471. The first-order chi connectivity index (χ1) is 6.07. The van der Waals surface area contributed by atoms with Crippen LogP contribution in [0.4, 0.5) is 0 Å². The maximum absolute atomic E-state index is 9.59. The van der Waals surface area contributed by atoms with Gasteiger partial charge in [-0.25, -0.2) is 0 Å². The third-order valence-corrected chi connectivity index (χ3v) is 6.89. The standard InChI is InChI=1S/C8H8I3NO/c9-5-2-1-4(6(13)3-12)7(10)8(5)11/h1-2,6,13H,3,12H2. The van der Waals surface area contributed by atoms with Gasteiger partial charge >= 0.3 is 0 Å². The SMILES string of the molecule is NCC(O)c1ccc(I)c(I)c1I. The van der Waals surface area contributed by atoms with E-state index < -0.39 is 6.10 Å². The van der Waals surface area contributed by atoms with Crippen molar-refractivity contribution >= 4 is 67.8 Å². The molecule has 0 aliphatic carbocycles. The number of aliphatic hydroxyl groups excluding tert-OH is 1. The molecule has 0 radical (unpaired) electrons. The van der Waals surface area contributed by atoms with Crippen LogP contribution in [0.3, 0.4) is 0 Å². The Kier molecular flexibility index (Phi) is 5.17. The van der Waals surface area contributed by atoms with Crippen LogP contribution in [0.25, 0.3) is 0 Å². The molecule has 1 aromatic carbocycles. The lowest BCUT2D eigenvalue weighted by molar-refractivity contribution is 0.186. The van der Waals surface area contributed by atoms with Gasteiger partial charge in [0.1, 0.15) is 0 Å². The number of halogens is 3. The van der Waals surface area contributed by atoms with Crippen molar-refractivity contribution in [1.82, 2.24) is 0 Å². The van der Waals surface area contributed by atoms with Crippen molar-refractivity contribution in [3.05, 3.63) is 28.4 Å². The average Bonchev–Trinajstić information content (AvgIpc) is 2.13. The van der Waals surface area contributed by atoms with Crippen molar-refractivity contribution in [2.75, 3.05) is 6.54 Å².